The van der Waals surface area contributed by atoms with E-state index < -0.39 is 0 Å². The molecule has 0 aliphatic heterocycles. The second-order valence-electron chi connectivity index (χ2n) is 6.87. The summed E-state index contributed by atoms with van der Waals surface area (Å²) in [5, 5.41) is 21.4. The van der Waals surface area contributed by atoms with Crippen molar-refractivity contribution in [3.8, 4) is 0 Å². The first-order valence-corrected chi connectivity index (χ1v) is 9.13. The predicted molar refractivity (Wildman–Crippen MR) is 99.9 cm³/mol. The molecule has 1 aromatic heterocycles. The fourth-order valence-electron chi connectivity index (χ4n) is 4.23. The van der Waals surface area contributed by atoms with Gasteiger partial charge in [0.05, 0.1) is 6.10 Å². The predicted octanol–water partition coefficient (Wildman–Crippen LogP) is 4.27. The van der Waals surface area contributed by atoms with Gasteiger partial charge in [0.1, 0.15) is 16.9 Å². The fourth-order valence-corrected chi connectivity index (χ4v) is 4.23. The van der Waals surface area contributed by atoms with Crippen molar-refractivity contribution in [2.24, 2.45) is 5.92 Å². The molecule has 5 rings (SSSR count). The van der Waals surface area contributed by atoms with Crippen LogP contribution in [0.1, 0.15) is 37.3 Å². The van der Waals surface area contributed by atoms with Crippen LogP contribution in [0.3, 0.4) is 0 Å². The van der Waals surface area contributed by atoms with Crippen LogP contribution >= 0.6 is 0 Å². The minimum Gasteiger partial charge on any atom is -0.389 e. The van der Waals surface area contributed by atoms with Gasteiger partial charge < -0.3 is 5.11 Å². The number of aromatic amines is 1. The van der Waals surface area contributed by atoms with E-state index in [2.05, 4.69) is 28.4 Å². The number of allylic oxidation sites excluding steroid dienone is 1. The maximum atomic E-state index is 11.9. The van der Waals surface area contributed by atoms with E-state index in [1.807, 2.05) is 6.07 Å². The third-order valence-electron chi connectivity index (χ3n) is 5.39. The molecule has 5 heteroatoms. The van der Waals surface area contributed by atoms with Gasteiger partial charge in [-0.05, 0) is 72.1 Å². The Morgan fingerprint density at radius 1 is 1.12 bits per heavy atom. The smallest absolute Gasteiger partial charge is 0.123 e. The van der Waals surface area contributed by atoms with Gasteiger partial charge in [0, 0.05) is 0 Å². The lowest BCUT2D eigenvalue weighted by molar-refractivity contribution is 0.182. The number of rotatable bonds is 1. The number of fused-ring (bicyclic) bond motifs is 5. The van der Waals surface area contributed by atoms with E-state index in [0.29, 0.717) is 5.92 Å². The number of hydrogen-bond donors (Lipinski definition) is 2. The fraction of sp³-hybridized carbons (Fsp3) is 0.333. The summed E-state index contributed by atoms with van der Waals surface area (Å²) in [6.07, 6.45) is 3.70. The van der Waals surface area contributed by atoms with Crippen molar-refractivity contribution >= 4 is 16.6 Å². The highest BCUT2D eigenvalue weighted by atomic mass is 19.1. The van der Waals surface area contributed by atoms with Crippen molar-refractivity contribution < 1.29 is 9.50 Å². The third kappa shape index (κ3) is 2.92. The number of aromatic nitrogens is 3. The van der Waals surface area contributed by atoms with Gasteiger partial charge in [-0.25, -0.2) is 4.39 Å². The van der Waals surface area contributed by atoms with Crippen LogP contribution < -0.4 is 0 Å². The zero-order chi connectivity index (χ0) is 18.1. The van der Waals surface area contributed by atoms with Gasteiger partial charge in [0.25, 0.3) is 0 Å². The van der Waals surface area contributed by atoms with Crippen molar-refractivity contribution in [3.63, 3.8) is 0 Å². The molecule has 2 aromatic carbocycles. The summed E-state index contributed by atoms with van der Waals surface area (Å²) in [6, 6.07) is 12.1. The number of aliphatic hydroxyl groups excluding tert-OH is 1. The van der Waals surface area contributed by atoms with Gasteiger partial charge in [0.15, 0.2) is 0 Å². The zero-order valence-corrected chi connectivity index (χ0v) is 14.7. The normalized spacial score (nSPS) is 21.2. The van der Waals surface area contributed by atoms with E-state index in [4.69, 9.17) is 0 Å². The highest BCUT2D eigenvalue weighted by Gasteiger charge is 2.35. The molecule has 3 aromatic rings. The van der Waals surface area contributed by atoms with E-state index in [1.165, 1.54) is 34.4 Å². The van der Waals surface area contributed by atoms with Crippen molar-refractivity contribution in [3.05, 3.63) is 65.0 Å². The molecular weight excluding hydrogens is 329 g/mol. The van der Waals surface area contributed by atoms with E-state index in [-0.39, 0.29) is 11.9 Å². The topological polar surface area (TPSA) is 61.8 Å². The highest BCUT2D eigenvalue weighted by molar-refractivity contribution is 5.89. The quantitative estimate of drug-likeness (QED) is 0.688. The van der Waals surface area contributed by atoms with Crippen LogP contribution in [0.5, 0.6) is 0 Å². The minimum atomic E-state index is -0.254. The van der Waals surface area contributed by atoms with Gasteiger partial charge >= 0.3 is 0 Å². The average molecular weight is 351 g/mol. The summed E-state index contributed by atoms with van der Waals surface area (Å²) in [5.41, 5.74) is 7.17. The molecule has 0 spiro atoms. The van der Waals surface area contributed by atoms with Gasteiger partial charge in [0.2, 0.25) is 0 Å². The highest BCUT2D eigenvalue weighted by Crippen LogP contribution is 2.47. The van der Waals surface area contributed by atoms with Crippen LogP contribution in [0, 0.1) is 11.7 Å². The molecule has 2 unspecified atom stereocenters. The standard InChI is InChI=1S/C15H17N3O.C6H5F/c1-2-9-13(19)6-3-8-7-11-10(14(8)9)4-5-12-15(11)17-18-16-12;7-6-4-2-1-3-5-6/h4-5,8,13,19H,2-3,6-7H2,1H3,(H,16,17,18);1-5H. The number of H-pyrrole nitrogens is 1. The Labute approximate surface area is 151 Å². The van der Waals surface area contributed by atoms with Crippen LogP contribution in [0.25, 0.3) is 16.6 Å². The lowest BCUT2D eigenvalue weighted by atomic mass is 9.80. The molecule has 1 heterocycles. The number of aliphatic hydroxyl groups is 1. The number of nitrogens with zero attached hydrogens (tertiary/aromatic N) is 2. The monoisotopic (exact) mass is 351 g/mol. The van der Waals surface area contributed by atoms with Gasteiger partial charge in [-0.15, -0.1) is 0 Å². The minimum absolute atomic E-state index is 0.178. The van der Waals surface area contributed by atoms with Crippen LogP contribution in [0.15, 0.2) is 48.0 Å². The van der Waals surface area contributed by atoms with Crippen molar-refractivity contribution in [1.29, 1.82) is 0 Å². The molecular formula is C21H22FN3O. The Hall–Kier alpha value is -2.53. The molecule has 4 nitrogen and oxygen atoms in total. The first kappa shape index (κ1) is 16.9. The van der Waals surface area contributed by atoms with Crippen LogP contribution in [-0.2, 0) is 6.42 Å². The van der Waals surface area contributed by atoms with E-state index in [9.17, 15) is 9.50 Å². The largest absolute Gasteiger partial charge is 0.389 e. The number of benzene rings is 2. The number of hydrogen-bond acceptors (Lipinski definition) is 3. The van der Waals surface area contributed by atoms with E-state index >= 15 is 0 Å². The molecule has 0 saturated carbocycles. The zero-order valence-electron chi connectivity index (χ0n) is 14.7. The molecule has 2 atom stereocenters. The average Bonchev–Trinajstić information content (AvgIpc) is 3.27. The maximum Gasteiger partial charge on any atom is 0.123 e. The lowest BCUT2D eigenvalue weighted by Gasteiger charge is -2.27. The molecule has 2 N–H and O–H groups in total. The number of nitrogens with one attached hydrogen (secondary N) is 1. The lowest BCUT2D eigenvalue weighted by Crippen LogP contribution is -2.20. The van der Waals surface area contributed by atoms with Crippen molar-refractivity contribution in [1.82, 2.24) is 15.4 Å². The summed E-state index contributed by atoms with van der Waals surface area (Å²) in [5.74, 6) is 0.387. The van der Waals surface area contributed by atoms with Crippen LogP contribution in [0.2, 0.25) is 0 Å². The molecule has 2 aliphatic carbocycles. The molecule has 0 fully saturated rings. The van der Waals surface area contributed by atoms with Crippen LogP contribution in [0.4, 0.5) is 4.39 Å². The summed E-state index contributed by atoms with van der Waals surface area (Å²) < 4.78 is 11.9. The summed E-state index contributed by atoms with van der Waals surface area (Å²) in [6.45, 7) is 2.14. The Bertz CT molecular complexity index is 948. The maximum absolute atomic E-state index is 11.9. The summed E-state index contributed by atoms with van der Waals surface area (Å²) >= 11 is 0. The van der Waals surface area contributed by atoms with Crippen molar-refractivity contribution in [2.45, 2.75) is 38.7 Å². The van der Waals surface area contributed by atoms with Gasteiger partial charge in [-0.3, -0.25) is 0 Å². The summed E-state index contributed by atoms with van der Waals surface area (Å²) in [4.78, 5) is 0. The Morgan fingerprint density at radius 3 is 2.62 bits per heavy atom. The molecule has 0 amide bonds. The van der Waals surface area contributed by atoms with Crippen LogP contribution in [-0.4, -0.2) is 26.6 Å². The molecule has 134 valence electrons. The third-order valence-corrected chi connectivity index (χ3v) is 5.39. The Kier molecular flexibility index (Phi) is 4.55. The summed E-state index contributed by atoms with van der Waals surface area (Å²) in [7, 11) is 0. The molecule has 0 radical (unpaired) electrons. The van der Waals surface area contributed by atoms with Gasteiger partial charge in [-0.1, -0.05) is 31.2 Å². The number of halogens is 1. The molecule has 0 bridgehead atoms. The van der Waals surface area contributed by atoms with E-state index in [0.717, 1.165) is 36.7 Å². The Morgan fingerprint density at radius 2 is 1.92 bits per heavy atom. The second-order valence-corrected chi connectivity index (χ2v) is 6.87. The molecule has 0 saturated heterocycles. The van der Waals surface area contributed by atoms with E-state index in [1.54, 1.807) is 18.2 Å². The van der Waals surface area contributed by atoms with Gasteiger partial charge in [-0.2, -0.15) is 15.4 Å². The Balaban J connectivity index is 0.000000204. The first-order chi connectivity index (χ1) is 12.7. The van der Waals surface area contributed by atoms with Crippen molar-refractivity contribution in [2.75, 3.05) is 0 Å². The molecule has 26 heavy (non-hydrogen) atoms. The first-order valence-electron chi connectivity index (χ1n) is 9.13. The second kappa shape index (κ2) is 7.00. The molecule has 2 aliphatic rings. The SMILES string of the molecule is CCC1=C2c3ccc4n[nH]nc4c3CC2CCC1O.Fc1ccccc1.